The molecule has 0 saturated carbocycles. The van der Waals surface area contributed by atoms with Crippen LogP contribution >= 0.6 is 11.8 Å². The molecule has 2 heterocycles. The molecular weight excluding hydrogens is 298 g/mol. The van der Waals surface area contributed by atoms with E-state index in [1.807, 2.05) is 24.3 Å². The van der Waals surface area contributed by atoms with Gasteiger partial charge in [-0.1, -0.05) is 48.2 Å². The smallest absolute Gasteiger partial charge is 0.240 e. The number of amides is 1. The average Bonchev–Trinajstić information content (AvgIpc) is 2.88. The minimum absolute atomic E-state index is 0.0488. The molecule has 1 aromatic carbocycles. The Morgan fingerprint density at radius 1 is 1.18 bits per heavy atom. The number of carbonyl (C=O) groups is 2. The highest BCUT2D eigenvalue weighted by molar-refractivity contribution is 8.15. The predicted octanol–water partition coefficient (Wildman–Crippen LogP) is 2.57. The van der Waals surface area contributed by atoms with E-state index in [2.05, 4.69) is 15.3 Å². The molecule has 0 bridgehead atoms. The Kier molecular flexibility index (Phi) is 4.29. The van der Waals surface area contributed by atoms with Crippen molar-refractivity contribution in [3.63, 3.8) is 0 Å². The Bertz CT molecular complexity index is 717. The van der Waals surface area contributed by atoms with Crippen molar-refractivity contribution >= 4 is 34.4 Å². The van der Waals surface area contributed by atoms with Crippen LogP contribution in [0.1, 0.15) is 16.8 Å². The number of thioether (sulfide) groups is 1. The number of nitrogens with one attached hydrogen (secondary N) is 1. The van der Waals surface area contributed by atoms with Crippen molar-refractivity contribution in [1.82, 2.24) is 10.3 Å². The SMILES string of the molecule is O=C(CC1S/C(=N\c2ccccn2)NC1=O)c1ccccc1. The zero-order valence-electron chi connectivity index (χ0n) is 11.6. The van der Waals surface area contributed by atoms with Crippen molar-refractivity contribution in [2.45, 2.75) is 11.7 Å². The Morgan fingerprint density at radius 2 is 1.95 bits per heavy atom. The molecule has 1 aromatic heterocycles. The summed E-state index contributed by atoms with van der Waals surface area (Å²) in [5.41, 5.74) is 0.617. The topological polar surface area (TPSA) is 71.4 Å². The van der Waals surface area contributed by atoms with E-state index in [0.29, 0.717) is 16.5 Å². The first kappa shape index (κ1) is 14.5. The van der Waals surface area contributed by atoms with E-state index in [9.17, 15) is 9.59 Å². The Morgan fingerprint density at radius 3 is 2.68 bits per heavy atom. The number of aliphatic imine (C=N–C) groups is 1. The predicted molar refractivity (Wildman–Crippen MR) is 86.2 cm³/mol. The van der Waals surface area contributed by atoms with Crippen LogP contribution in [-0.2, 0) is 4.79 Å². The summed E-state index contributed by atoms with van der Waals surface area (Å²) in [5, 5.41) is 2.72. The molecule has 1 fully saturated rings. The van der Waals surface area contributed by atoms with Crippen molar-refractivity contribution in [3.8, 4) is 0 Å². The number of rotatable bonds is 4. The second-order valence-electron chi connectivity index (χ2n) is 4.69. The van der Waals surface area contributed by atoms with E-state index in [4.69, 9.17) is 0 Å². The third kappa shape index (κ3) is 3.40. The number of aromatic nitrogens is 1. The van der Waals surface area contributed by atoms with Gasteiger partial charge in [0.05, 0.1) is 5.25 Å². The van der Waals surface area contributed by atoms with Crippen LogP contribution < -0.4 is 5.32 Å². The third-order valence-corrected chi connectivity index (χ3v) is 4.19. The van der Waals surface area contributed by atoms with Crippen LogP contribution in [0.15, 0.2) is 59.7 Å². The molecule has 22 heavy (non-hydrogen) atoms. The maximum atomic E-state index is 12.2. The molecule has 1 aliphatic heterocycles. The maximum absolute atomic E-state index is 12.2. The minimum Gasteiger partial charge on any atom is -0.304 e. The summed E-state index contributed by atoms with van der Waals surface area (Å²) in [4.78, 5) is 32.5. The van der Waals surface area contributed by atoms with Crippen molar-refractivity contribution in [3.05, 3.63) is 60.3 Å². The summed E-state index contributed by atoms with van der Waals surface area (Å²) >= 11 is 1.27. The fourth-order valence-corrected chi connectivity index (χ4v) is 3.00. The molecule has 5 nitrogen and oxygen atoms in total. The molecule has 1 saturated heterocycles. The highest BCUT2D eigenvalue weighted by Gasteiger charge is 2.32. The fraction of sp³-hybridized carbons (Fsp3) is 0.125. The van der Waals surface area contributed by atoms with Crippen LogP contribution in [0.5, 0.6) is 0 Å². The largest absolute Gasteiger partial charge is 0.304 e. The summed E-state index contributed by atoms with van der Waals surface area (Å²) in [6.07, 6.45) is 1.79. The highest BCUT2D eigenvalue weighted by atomic mass is 32.2. The van der Waals surface area contributed by atoms with Gasteiger partial charge in [-0.15, -0.1) is 0 Å². The number of hydrogen-bond acceptors (Lipinski definition) is 5. The lowest BCUT2D eigenvalue weighted by Crippen LogP contribution is -2.26. The van der Waals surface area contributed by atoms with Gasteiger partial charge >= 0.3 is 0 Å². The van der Waals surface area contributed by atoms with Crippen LogP contribution in [0.4, 0.5) is 5.82 Å². The van der Waals surface area contributed by atoms with Crippen LogP contribution in [0.2, 0.25) is 0 Å². The molecule has 2 aromatic rings. The van der Waals surface area contributed by atoms with Crippen LogP contribution in [-0.4, -0.2) is 27.1 Å². The van der Waals surface area contributed by atoms with Gasteiger partial charge in [0.15, 0.2) is 16.8 Å². The Hall–Kier alpha value is -2.47. The molecule has 1 unspecified atom stereocenters. The maximum Gasteiger partial charge on any atom is 0.240 e. The summed E-state index contributed by atoms with van der Waals surface area (Å²) in [7, 11) is 0. The molecule has 3 rings (SSSR count). The Labute approximate surface area is 131 Å². The van der Waals surface area contributed by atoms with E-state index in [0.717, 1.165) is 0 Å². The van der Waals surface area contributed by atoms with Gasteiger partial charge in [-0.25, -0.2) is 9.98 Å². The second-order valence-corrected chi connectivity index (χ2v) is 5.89. The average molecular weight is 311 g/mol. The highest BCUT2D eigenvalue weighted by Crippen LogP contribution is 2.25. The quantitative estimate of drug-likeness (QED) is 0.881. The lowest BCUT2D eigenvalue weighted by Gasteiger charge is -2.04. The lowest BCUT2D eigenvalue weighted by molar-refractivity contribution is -0.118. The second kappa shape index (κ2) is 6.53. The standard InChI is InChI=1S/C16H13N3O2S/c20-12(11-6-2-1-3-7-11)10-13-15(21)19-16(22-13)18-14-8-4-5-9-17-14/h1-9,13H,10H2,(H,17,18,19,21). The van der Waals surface area contributed by atoms with E-state index >= 15 is 0 Å². The molecule has 6 heteroatoms. The number of amidine groups is 1. The number of benzene rings is 1. The zero-order chi connectivity index (χ0) is 15.4. The van der Waals surface area contributed by atoms with Crippen LogP contribution in [0.25, 0.3) is 0 Å². The number of ketones is 1. The molecule has 110 valence electrons. The molecule has 1 atom stereocenters. The van der Waals surface area contributed by atoms with E-state index in [1.54, 1.807) is 30.5 Å². The molecule has 0 spiro atoms. The molecule has 1 amide bonds. The van der Waals surface area contributed by atoms with E-state index in [-0.39, 0.29) is 18.1 Å². The summed E-state index contributed by atoms with van der Waals surface area (Å²) in [6.45, 7) is 0. The van der Waals surface area contributed by atoms with Crippen LogP contribution in [0, 0.1) is 0 Å². The van der Waals surface area contributed by atoms with Gasteiger partial charge in [0.1, 0.15) is 0 Å². The van der Waals surface area contributed by atoms with Crippen molar-refractivity contribution < 1.29 is 9.59 Å². The summed E-state index contributed by atoms with van der Waals surface area (Å²) < 4.78 is 0. The number of hydrogen-bond donors (Lipinski definition) is 1. The number of pyridine rings is 1. The zero-order valence-corrected chi connectivity index (χ0v) is 12.4. The normalized spacial score (nSPS) is 19.2. The Balaban J connectivity index is 1.68. The number of carbonyl (C=O) groups excluding carboxylic acids is 2. The van der Waals surface area contributed by atoms with Gasteiger partial charge in [-0.3, -0.25) is 9.59 Å². The monoisotopic (exact) mass is 311 g/mol. The third-order valence-electron chi connectivity index (χ3n) is 3.11. The molecule has 0 radical (unpaired) electrons. The van der Waals surface area contributed by atoms with Gasteiger partial charge < -0.3 is 5.32 Å². The lowest BCUT2D eigenvalue weighted by atomic mass is 10.1. The first-order valence-electron chi connectivity index (χ1n) is 6.78. The minimum atomic E-state index is -0.449. The van der Waals surface area contributed by atoms with Gasteiger partial charge in [0.25, 0.3) is 0 Å². The van der Waals surface area contributed by atoms with Crippen molar-refractivity contribution in [2.24, 2.45) is 4.99 Å². The molecule has 1 N–H and O–H groups in total. The fourth-order valence-electron chi connectivity index (χ4n) is 2.03. The van der Waals surface area contributed by atoms with Crippen molar-refractivity contribution in [1.29, 1.82) is 0 Å². The van der Waals surface area contributed by atoms with Crippen LogP contribution in [0.3, 0.4) is 0 Å². The molecular formula is C16H13N3O2S. The first-order chi connectivity index (χ1) is 10.7. The van der Waals surface area contributed by atoms with Gasteiger partial charge in [0.2, 0.25) is 5.91 Å². The molecule has 1 aliphatic rings. The van der Waals surface area contributed by atoms with E-state index in [1.165, 1.54) is 11.8 Å². The first-order valence-corrected chi connectivity index (χ1v) is 7.66. The van der Waals surface area contributed by atoms with E-state index < -0.39 is 5.25 Å². The summed E-state index contributed by atoms with van der Waals surface area (Å²) in [6, 6.07) is 14.3. The number of Topliss-reactive ketones (excluding diaryl/α,β-unsaturated/α-hetero) is 1. The van der Waals surface area contributed by atoms with Gasteiger partial charge in [-0.05, 0) is 12.1 Å². The summed E-state index contributed by atoms with van der Waals surface area (Å²) in [5.74, 6) is 0.289. The van der Waals surface area contributed by atoms with Gasteiger partial charge in [0, 0.05) is 18.2 Å². The van der Waals surface area contributed by atoms with Crippen molar-refractivity contribution in [2.75, 3.05) is 0 Å². The number of nitrogens with zero attached hydrogens (tertiary/aromatic N) is 2. The molecule has 0 aliphatic carbocycles. The van der Waals surface area contributed by atoms with Gasteiger partial charge in [-0.2, -0.15) is 0 Å².